The van der Waals surface area contributed by atoms with Gasteiger partial charge in [0.25, 0.3) is 0 Å². The summed E-state index contributed by atoms with van der Waals surface area (Å²) in [6.45, 7) is 3.46. The van der Waals surface area contributed by atoms with E-state index in [-0.39, 0.29) is 17.8 Å². The molecular weight excluding hydrogens is 313 g/mol. The van der Waals surface area contributed by atoms with E-state index in [4.69, 9.17) is 0 Å². The Balaban J connectivity index is 1.94. The van der Waals surface area contributed by atoms with Crippen molar-refractivity contribution in [2.45, 2.75) is 25.8 Å². The zero-order valence-corrected chi connectivity index (χ0v) is 13.9. The summed E-state index contributed by atoms with van der Waals surface area (Å²) in [5.74, 6) is -1.31. The molecule has 5 heteroatoms. The lowest BCUT2D eigenvalue weighted by atomic mass is 9.94. The van der Waals surface area contributed by atoms with Crippen LogP contribution in [0.3, 0.4) is 0 Å². The number of carbonyl (C=O) groups is 1. The van der Waals surface area contributed by atoms with E-state index in [1.54, 1.807) is 23.5 Å². The molecule has 0 bridgehead atoms. The molecule has 1 aromatic carbocycles. The molecule has 1 aromatic heterocycles. The molecule has 2 heterocycles. The molecule has 0 spiro atoms. The Kier molecular flexibility index (Phi) is 4.78. The van der Waals surface area contributed by atoms with Gasteiger partial charge < -0.3 is 5.11 Å². The highest BCUT2D eigenvalue weighted by Crippen LogP contribution is 2.36. The number of piperidine rings is 1. The van der Waals surface area contributed by atoms with Crippen molar-refractivity contribution in [2.24, 2.45) is 5.92 Å². The molecule has 1 N–H and O–H groups in total. The highest BCUT2D eigenvalue weighted by atomic mass is 32.1. The van der Waals surface area contributed by atoms with Crippen molar-refractivity contribution >= 4 is 17.3 Å². The fourth-order valence-corrected chi connectivity index (χ4v) is 4.28. The molecule has 3 nitrogen and oxygen atoms in total. The SMILES string of the molecule is Cc1ccc(C(c2ccc(F)cc2)N2CCCC(C(=O)O)C2)s1. The predicted molar refractivity (Wildman–Crippen MR) is 89.2 cm³/mol. The van der Waals surface area contributed by atoms with Crippen LogP contribution in [0.15, 0.2) is 36.4 Å². The van der Waals surface area contributed by atoms with Gasteiger partial charge in [0.1, 0.15) is 5.82 Å². The van der Waals surface area contributed by atoms with Crippen molar-refractivity contribution in [2.75, 3.05) is 13.1 Å². The molecule has 1 aliphatic rings. The monoisotopic (exact) mass is 333 g/mol. The Morgan fingerprint density at radius 1 is 1.30 bits per heavy atom. The number of hydrogen-bond donors (Lipinski definition) is 1. The highest BCUT2D eigenvalue weighted by molar-refractivity contribution is 7.12. The molecule has 0 saturated carbocycles. The normalized spacial score (nSPS) is 20.3. The second kappa shape index (κ2) is 6.81. The first kappa shape index (κ1) is 16.1. The van der Waals surface area contributed by atoms with Crippen LogP contribution in [0.2, 0.25) is 0 Å². The van der Waals surface area contributed by atoms with Gasteiger partial charge in [-0.05, 0) is 56.1 Å². The second-order valence-corrected chi connectivity index (χ2v) is 7.39. The van der Waals surface area contributed by atoms with Crippen LogP contribution in [0.4, 0.5) is 4.39 Å². The van der Waals surface area contributed by atoms with Crippen LogP contribution in [0, 0.1) is 18.7 Å². The van der Waals surface area contributed by atoms with Crippen molar-refractivity contribution < 1.29 is 14.3 Å². The van der Waals surface area contributed by atoms with Gasteiger partial charge in [-0.25, -0.2) is 4.39 Å². The zero-order chi connectivity index (χ0) is 16.4. The fourth-order valence-electron chi connectivity index (χ4n) is 3.24. The van der Waals surface area contributed by atoms with Gasteiger partial charge >= 0.3 is 5.97 Å². The zero-order valence-electron chi connectivity index (χ0n) is 13.0. The minimum Gasteiger partial charge on any atom is -0.481 e. The number of rotatable bonds is 4. The van der Waals surface area contributed by atoms with Gasteiger partial charge in [-0.15, -0.1) is 11.3 Å². The van der Waals surface area contributed by atoms with Crippen molar-refractivity contribution in [3.8, 4) is 0 Å². The topological polar surface area (TPSA) is 40.5 Å². The van der Waals surface area contributed by atoms with E-state index in [1.165, 1.54) is 21.9 Å². The molecule has 2 aromatic rings. The smallest absolute Gasteiger partial charge is 0.307 e. The number of halogens is 1. The molecule has 1 fully saturated rings. The first-order valence-electron chi connectivity index (χ1n) is 7.83. The number of likely N-dealkylation sites (tertiary alicyclic amines) is 1. The molecule has 0 radical (unpaired) electrons. The molecule has 1 aliphatic heterocycles. The third-order valence-electron chi connectivity index (χ3n) is 4.38. The maximum atomic E-state index is 13.3. The average molecular weight is 333 g/mol. The van der Waals surface area contributed by atoms with Gasteiger partial charge in [-0.1, -0.05) is 12.1 Å². The van der Waals surface area contributed by atoms with Crippen LogP contribution in [-0.2, 0) is 4.79 Å². The van der Waals surface area contributed by atoms with E-state index in [2.05, 4.69) is 24.0 Å². The van der Waals surface area contributed by atoms with Gasteiger partial charge in [-0.2, -0.15) is 0 Å². The summed E-state index contributed by atoms with van der Waals surface area (Å²) < 4.78 is 13.3. The van der Waals surface area contributed by atoms with Crippen molar-refractivity contribution in [3.05, 3.63) is 57.5 Å². The Hall–Kier alpha value is -1.72. The summed E-state index contributed by atoms with van der Waals surface area (Å²) in [6, 6.07) is 10.7. The fraction of sp³-hybridized carbons (Fsp3) is 0.389. The van der Waals surface area contributed by atoms with Gasteiger partial charge in [0.15, 0.2) is 0 Å². The van der Waals surface area contributed by atoms with Gasteiger partial charge in [0.2, 0.25) is 0 Å². The minimum absolute atomic E-state index is 0.00329. The standard InChI is InChI=1S/C18H20FNO2S/c1-12-4-9-16(23-12)17(13-5-7-15(19)8-6-13)20-10-2-3-14(11-20)18(21)22/h4-9,14,17H,2-3,10-11H2,1H3,(H,21,22). The number of thiophene rings is 1. The van der Waals surface area contributed by atoms with E-state index in [1.807, 2.05) is 0 Å². The maximum Gasteiger partial charge on any atom is 0.307 e. The Labute approximate surface area is 139 Å². The van der Waals surface area contributed by atoms with Crippen molar-refractivity contribution in [3.63, 3.8) is 0 Å². The first-order valence-corrected chi connectivity index (χ1v) is 8.65. The summed E-state index contributed by atoms with van der Waals surface area (Å²) in [4.78, 5) is 16.0. The molecule has 23 heavy (non-hydrogen) atoms. The minimum atomic E-state index is -0.727. The van der Waals surface area contributed by atoms with Crippen LogP contribution in [-0.4, -0.2) is 29.1 Å². The van der Waals surface area contributed by atoms with Gasteiger partial charge in [0.05, 0.1) is 12.0 Å². The number of aryl methyl sites for hydroxylation is 1. The number of nitrogens with zero attached hydrogens (tertiary/aromatic N) is 1. The van der Waals surface area contributed by atoms with Crippen LogP contribution in [0.25, 0.3) is 0 Å². The molecule has 0 amide bonds. The Bertz CT molecular complexity index is 683. The van der Waals surface area contributed by atoms with Crippen molar-refractivity contribution in [1.82, 2.24) is 4.90 Å². The lowest BCUT2D eigenvalue weighted by Gasteiger charge is -2.37. The Morgan fingerprint density at radius 2 is 2.04 bits per heavy atom. The van der Waals surface area contributed by atoms with E-state index < -0.39 is 5.97 Å². The third-order valence-corrected chi connectivity index (χ3v) is 5.44. The van der Waals surface area contributed by atoms with Crippen LogP contribution in [0.5, 0.6) is 0 Å². The van der Waals surface area contributed by atoms with E-state index in [9.17, 15) is 14.3 Å². The molecule has 122 valence electrons. The number of aliphatic carboxylic acids is 1. The van der Waals surface area contributed by atoms with Crippen LogP contribution >= 0.6 is 11.3 Å². The quantitative estimate of drug-likeness (QED) is 0.916. The molecular formula is C18H20FNO2S. The summed E-state index contributed by atoms with van der Waals surface area (Å²) in [7, 11) is 0. The number of hydrogen-bond acceptors (Lipinski definition) is 3. The van der Waals surface area contributed by atoms with E-state index in [0.29, 0.717) is 6.54 Å². The summed E-state index contributed by atoms with van der Waals surface area (Å²) >= 11 is 1.72. The average Bonchev–Trinajstić information content (AvgIpc) is 2.96. The summed E-state index contributed by atoms with van der Waals surface area (Å²) in [6.07, 6.45) is 1.60. The van der Waals surface area contributed by atoms with E-state index >= 15 is 0 Å². The molecule has 2 atom stereocenters. The molecule has 1 saturated heterocycles. The largest absolute Gasteiger partial charge is 0.481 e. The number of carboxylic acids is 1. The number of carboxylic acid groups (broad SMARTS) is 1. The lowest BCUT2D eigenvalue weighted by molar-refractivity contribution is -0.143. The van der Waals surface area contributed by atoms with Gasteiger partial charge in [0, 0.05) is 16.3 Å². The number of benzene rings is 1. The highest BCUT2D eigenvalue weighted by Gasteiger charge is 2.31. The third kappa shape index (κ3) is 3.62. The van der Waals surface area contributed by atoms with Crippen molar-refractivity contribution in [1.29, 1.82) is 0 Å². The summed E-state index contributed by atoms with van der Waals surface area (Å²) in [5, 5.41) is 9.35. The molecule has 3 rings (SSSR count). The van der Waals surface area contributed by atoms with Gasteiger partial charge in [-0.3, -0.25) is 9.69 Å². The summed E-state index contributed by atoms with van der Waals surface area (Å²) in [5.41, 5.74) is 1.01. The maximum absolute atomic E-state index is 13.3. The van der Waals surface area contributed by atoms with Crippen LogP contribution < -0.4 is 0 Å². The Morgan fingerprint density at radius 3 is 2.65 bits per heavy atom. The second-order valence-electron chi connectivity index (χ2n) is 6.07. The van der Waals surface area contributed by atoms with E-state index in [0.717, 1.165) is 24.9 Å². The lowest BCUT2D eigenvalue weighted by Crippen LogP contribution is -2.41. The van der Waals surface area contributed by atoms with Crippen LogP contribution in [0.1, 0.15) is 34.2 Å². The molecule has 0 aliphatic carbocycles. The predicted octanol–water partition coefficient (Wildman–Crippen LogP) is 4.08. The first-order chi connectivity index (χ1) is 11.0. The molecule has 2 unspecified atom stereocenters.